The van der Waals surface area contributed by atoms with E-state index in [1.165, 1.54) is 24.9 Å². The Hall–Kier alpha value is -1.85. The van der Waals surface area contributed by atoms with Crippen molar-refractivity contribution in [2.24, 2.45) is 0 Å². The van der Waals surface area contributed by atoms with Crippen molar-refractivity contribution < 1.29 is 19.2 Å². The van der Waals surface area contributed by atoms with Crippen LogP contribution in [0, 0.1) is 6.92 Å². The van der Waals surface area contributed by atoms with Gasteiger partial charge in [-0.3, -0.25) is 4.79 Å². The average Bonchev–Trinajstić information content (AvgIpc) is 2.64. The van der Waals surface area contributed by atoms with Crippen LogP contribution in [0.4, 0.5) is 0 Å². The number of aryl methyl sites for hydroxylation is 1. The van der Waals surface area contributed by atoms with Crippen LogP contribution in [-0.4, -0.2) is 39.1 Å². The third-order valence-corrected chi connectivity index (χ3v) is 2.70. The molecular formula is C11H16N2O4. The number of likely N-dealkylation sites (N-methyl/N-ethyl adjacent to an activating group) is 1. The average molecular weight is 240 g/mol. The first-order valence-corrected chi connectivity index (χ1v) is 5.29. The number of nitrogens with zero attached hydrogens (tertiary/aromatic N) is 2. The van der Waals surface area contributed by atoms with E-state index >= 15 is 0 Å². The molecule has 0 fully saturated rings. The first-order chi connectivity index (χ1) is 7.82. The largest absolute Gasteiger partial charge is 0.480 e. The topological polar surface area (TPSA) is 83.6 Å². The molecule has 0 atom stereocenters. The Morgan fingerprint density at radius 3 is 2.47 bits per heavy atom. The van der Waals surface area contributed by atoms with Crippen LogP contribution in [0.15, 0.2) is 10.7 Å². The molecule has 0 aliphatic carbocycles. The Morgan fingerprint density at radius 2 is 2.12 bits per heavy atom. The zero-order valence-corrected chi connectivity index (χ0v) is 10.4. The number of amides is 1. The third kappa shape index (κ3) is 2.30. The number of aromatic nitrogens is 1. The molecule has 0 aliphatic heterocycles. The van der Waals surface area contributed by atoms with Crippen LogP contribution in [0.5, 0.6) is 0 Å². The van der Waals surface area contributed by atoms with Crippen LogP contribution in [0.1, 0.15) is 36.9 Å². The fourth-order valence-corrected chi connectivity index (χ4v) is 1.53. The van der Waals surface area contributed by atoms with Crippen LogP contribution in [0.3, 0.4) is 0 Å². The van der Waals surface area contributed by atoms with Gasteiger partial charge >= 0.3 is 5.97 Å². The Labute approximate surface area is 99.2 Å². The molecule has 0 saturated carbocycles. The van der Waals surface area contributed by atoms with Crippen LogP contribution in [-0.2, 0) is 4.79 Å². The summed E-state index contributed by atoms with van der Waals surface area (Å²) in [7, 11) is 0. The van der Waals surface area contributed by atoms with Gasteiger partial charge in [-0.25, -0.2) is 4.79 Å². The van der Waals surface area contributed by atoms with Crippen LogP contribution >= 0.6 is 0 Å². The summed E-state index contributed by atoms with van der Waals surface area (Å²) in [5, 5.41) is 12.6. The molecule has 1 rings (SSSR count). The third-order valence-electron chi connectivity index (χ3n) is 2.70. The van der Waals surface area contributed by atoms with Gasteiger partial charge in [0.25, 0.3) is 5.91 Å². The number of carboxylic acid groups (broad SMARTS) is 1. The molecule has 0 bridgehead atoms. The van der Waals surface area contributed by atoms with Crippen LogP contribution in [0.25, 0.3) is 0 Å². The first kappa shape index (κ1) is 13.2. The molecule has 1 heterocycles. The van der Waals surface area contributed by atoms with Crippen molar-refractivity contribution in [2.75, 3.05) is 6.54 Å². The van der Waals surface area contributed by atoms with E-state index in [1.807, 2.05) is 0 Å². The molecule has 0 radical (unpaired) electrons. The van der Waals surface area contributed by atoms with E-state index in [2.05, 4.69) is 5.16 Å². The van der Waals surface area contributed by atoms with Crippen molar-refractivity contribution in [1.29, 1.82) is 0 Å². The number of aliphatic carboxylic acids is 1. The minimum absolute atomic E-state index is 0.0844. The lowest BCUT2D eigenvalue weighted by molar-refractivity contribution is -0.147. The Bertz CT molecular complexity index is 436. The highest BCUT2D eigenvalue weighted by Gasteiger charge is 2.38. The molecule has 17 heavy (non-hydrogen) atoms. The van der Waals surface area contributed by atoms with Crippen LogP contribution < -0.4 is 0 Å². The first-order valence-electron chi connectivity index (χ1n) is 5.29. The highest BCUT2D eigenvalue weighted by atomic mass is 16.5. The quantitative estimate of drug-likeness (QED) is 0.857. The monoisotopic (exact) mass is 240 g/mol. The minimum Gasteiger partial charge on any atom is -0.480 e. The molecule has 0 unspecified atom stereocenters. The smallest absolute Gasteiger partial charge is 0.329 e. The lowest BCUT2D eigenvalue weighted by atomic mass is 10.0. The number of hydrogen-bond donors (Lipinski definition) is 1. The van der Waals surface area contributed by atoms with Gasteiger partial charge in [0.15, 0.2) is 0 Å². The summed E-state index contributed by atoms with van der Waals surface area (Å²) in [5.41, 5.74) is -0.694. The van der Waals surface area contributed by atoms with E-state index in [1.54, 1.807) is 13.8 Å². The van der Waals surface area contributed by atoms with E-state index in [0.717, 1.165) is 0 Å². The van der Waals surface area contributed by atoms with Gasteiger partial charge in [-0.1, -0.05) is 5.16 Å². The summed E-state index contributed by atoms with van der Waals surface area (Å²) in [4.78, 5) is 24.5. The van der Waals surface area contributed by atoms with Gasteiger partial charge in [-0.05, 0) is 27.7 Å². The van der Waals surface area contributed by atoms with Gasteiger partial charge in [-0.2, -0.15) is 0 Å². The van der Waals surface area contributed by atoms with E-state index in [0.29, 0.717) is 5.56 Å². The lowest BCUT2D eigenvalue weighted by Crippen LogP contribution is -2.52. The molecule has 6 heteroatoms. The zero-order valence-electron chi connectivity index (χ0n) is 10.4. The molecule has 1 N–H and O–H groups in total. The van der Waals surface area contributed by atoms with Crippen molar-refractivity contribution in [1.82, 2.24) is 10.1 Å². The second-order valence-electron chi connectivity index (χ2n) is 4.25. The van der Waals surface area contributed by atoms with E-state index in [9.17, 15) is 9.59 Å². The molecule has 1 aromatic rings. The van der Waals surface area contributed by atoms with E-state index in [-0.39, 0.29) is 12.3 Å². The second-order valence-corrected chi connectivity index (χ2v) is 4.25. The Kier molecular flexibility index (Phi) is 3.55. The molecule has 0 aromatic carbocycles. The molecule has 0 aliphatic rings. The summed E-state index contributed by atoms with van der Waals surface area (Å²) in [5.74, 6) is -1.44. The zero-order chi connectivity index (χ0) is 13.2. The molecule has 0 saturated heterocycles. The summed E-state index contributed by atoms with van der Waals surface area (Å²) in [6.45, 7) is 6.63. The predicted octanol–water partition coefficient (Wildman–Crippen LogP) is 1.31. The molecule has 1 aromatic heterocycles. The van der Waals surface area contributed by atoms with Crippen molar-refractivity contribution in [3.05, 3.63) is 17.5 Å². The molecule has 94 valence electrons. The molecule has 0 spiro atoms. The second kappa shape index (κ2) is 4.57. The van der Waals surface area contributed by atoms with E-state index in [4.69, 9.17) is 9.63 Å². The number of carbonyl (C=O) groups excluding carboxylic acids is 1. The van der Waals surface area contributed by atoms with Gasteiger partial charge in [-0.15, -0.1) is 0 Å². The standard InChI is InChI=1S/C11H16N2O4/c1-5-13(11(3,4)10(15)16)9(14)8-7(2)6-12-17-8/h6H,5H2,1-4H3,(H,15,16). The summed E-state index contributed by atoms with van der Waals surface area (Å²) in [6.07, 6.45) is 1.43. The van der Waals surface area contributed by atoms with Crippen molar-refractivity contribution in [3.63, 3.8) is 0 Å². The Balaban J connectivity index is 3.09. The fraction of sp³-hybridized carbons (Fsp3) is 0.545. The molecule has 6 nitrogen and oxygen atoms in total. The summed E-state index contributed by atoms with van der Waals surface area (Å²) >= 11 is 0. The normalized spacial score (nSPS) is 11.3. The highest BCUT2D eigenvalue weighted by molar-refractivity contribution is 5.96. The maximum atomic E-state index is 12.1. The summed E-state index contributed by atoms with van der Waals surface area (Å²) in [6, 6.07) is 0. The van der Waals surface area contributed by atoms with Gasteiger partial charge in [0, 0.05) is 12.1 Å². The van der Waals surface area contributed by atoms with Gasteiger partial charge in [0.2, 0.25) is 5.76 Å². The molecular weight excluding hydrogens is 224 g/mol. The van der Waals surface area contributed by atoms with Gasteiger partial charge in [0.05, 0.1) is 6.20 Å². The Morgan fingerprint density at radius 1 is 1.53 bits per heavy atom. The van der Waals surface area contributed by atoms with Crippen molar-refractivity contribution >= 4 is 11.9 Å². The van der Waals surface area contributed by atoms with E-state index < -0.39 is 17.4 Å². The van der Waals surface area contributed by atoms with Crippen molar-refractivity contribution in [2.45, 2.75) is 33.2 Å². The fourth-order valence-electron chi connectivity index (χ4n) is 1.53. The SMILES string of the molecule is CCN(C(=O)c1oncc1C)C(C)(C)C(=O)O. The number of rotatable bonds is 4. The van der Waals surface area contributed by atoms with Crippen molar-refractivity contribution in [3.8, 4) is 0 Å². The van der Waals surface area contributed by atoms with Gasteiger partial charge in [0.1, 0.15) is 5.54 Å². The summed E-state index contributed by atoms with van der Waals surface area (Å²) < 4.78 is 4.85. The predicted molar refractivity (Wildman–Crippen MR) is 59.7 cm³/mol. The lowest BCUT2D eigenvalue weighted by Gasteiger charge is -2.33. The number of hydrogen-bond acceptors (Lipinski definition) is 4. The number of carbonyl (C=O) groups is 2. The molecule has 1 amide bonds. The van der Waals surface area contributed by atoms with Crippen LogP contribution in [0.2, 0.25) is 0 Å². The minimum atomic E-state index is -1.29. The maximum absolute atomic E-state index is 12.1. The highest BCUT2D eigenvalue weighted by Crippen LogP contribution is 2.19. The van der Waals surface area contributed by atoms with Gasteiger partial charge < -0.3 is 14.5 Å². The maximum Gasteiger partial charge on any atom is 0.329 e. The number of carboxylic acids is 1.